The lowest BCUT2D eigenvalue weighted by Gasteiger charge is -2.59. The molecule has 4 rings (SSSR count). The number of hydrogen-bond acceptors (Lipinski definition) is 7. The van der Waals surface area contributed by atoms with Crippen molar-refractivity contribution < 1.29 is 28.6 Å². The lowest BCUT2D eigenvalue weighted by molar-refractivity contribution is -0.173. The van der Waals surface area contributed by atoms with Crippen molar-refractivity contribution in [1.82, 2.24) is 4.98 Å². The number of pyridine rings is 1. The van der Waals surface area contributed by atoms with Crippen molar-refractivity contribution in [2.75, 3.05) is 13.2 Å². The first-order valence-electron chi connectivity index (χ1n) is 20.2. The van der Waals surface area contributed by atoms with Gasteiger partial charge in [-0.1, -0.05) is 135 Å². The van der Waals surface area contributed by atoms with Crippen LogP contribution in [-0.2, 0) is 23.8 Å². The summed E-state index contributed by atoms with van der Waals surface area (Å²) < 4.78 is 17.4. The van der Waals surface area contributed by atoms with Gasteiger partial charge in [-0.15, -0.1) is 0 Å². The summed E-state index contributed by atoms with van der Waals surface area (Å²) in [6, 6.07) is 3.44. The Morgan fingerprint density at radius 1 is 0.961 bits per heavy atom. The van der Waals surface area contributed by atoms with Gasteiger partial charge in [0.05, 0.1) is 11.1 Å². The molecule has 0 unspecified atom stereocenters. The van der Waals surface area contributed by atoms with Gasteiger partial charge in [0.25, 0.3) is 0 Å². The fraction of sp³-hybridized carbons (Fsp3) is 0.682. The van der Waals surface area contributed by atoms with E-state index < -0.39 is 17.5 Å². The molecule has 7 heteroatoms. The van der Waals surface area contributed by atoms with Crippen molar-refractivity contribution >= 4 is 17.9 Å². The second-order valence-electron chi connectivity index (χ2n) is 15.9. The van der Waals surface area contributed by atoms with Crippen LogP contribution >= 0.6 is 0 Å². The Morgan fingerprint density at radius 2 is 1.61 bits per heavy atom. The highest BCUT2D eigenvalue weighted by Crippen LogP contribution is 2.62. The van der Waals surface area contributed by atoms with E-state index in [0.29, 0.717) is 30.6 Å². The molecular formula is C44H65NO6. The third-order valence-corrected chi connectivity index (χ3v) is 12.1. The van der Waals surface area contributed by atoms with E-state index in [2.05, 4.69) is 38.4 Å². The summed E-state index contributed by atoms with van der Waals surface area (Å²) in [5.41, 5.74) is 1.29. The summed E-state index contributed by atoms with van der Waals surface area (Å²) in [7, 11) is 0. The van der Waals surface area contributed by atoms with Crippen LogP contribution < -0.4 is 0 Å². The van der Waals surface area contributed by atoms with Gasteiger partial charge in [0.2, 0.25) is 0 Å². The van der Waals surface area contributed by atoms with Crippen LogP contribution in [0.15, 0.2) is 60.5 Å². The number of carbonyl (C=O) groups excluding carboxylic acids is 3. The third kappa shape index (κ3) is 11.6. The molecule has 0 radical (unpaired) electrons. The summed E-state index contributed by atoms with van der Waals surface area (Å²) in [5.74, 6) is -0.773. The van der Waals surface area contributed by atoms with Crippen LogP contribution in [0, 0.1) is 22.7 Å². The number of fused-ring (bicyclic) bond motifs is 1. The Kier molecular flexibility index (Phi) is 16.5. The highest BCUT2D eigenvalue weighted by molar-refractivity contribution is 5.93. The normalized spacial score (nSPS) is 26.1. The summed E-state index contributed by atoms with van der Waals surface area (Å²) in [4.78, 5) is 42.7. The first kappa shape index (κ1) is 40.5. The zero-order chi connectivity index (χ0) is 36.5. The van der Waals surface area contributed by atoms with E-state index in [4.69, 9.17) is 14.2 Å². The number of aromatic nitrogens is 1. The lowest BCUT2D eigenvalue weighted by Crippen LogP contribution is -2.58. The van der Waals surface area contributed by atoms with E-state index >= 15 is 0 Å². The van der Waals surface area contributed by atoms with E-state index in [1.807, 2.05) is 6.08 Å². The maximum atomic E-state index is 13.3. The molecule has 1 aromatic heterocycles. The molecule has 2 saturated carbocycles. The number of allylic oxidation sites excluding steroid dienone is 2. The van der Waals surface area contributed by atoms with Crippen LogP contribution in [-0.4, -0.2) is 42.2 Å². The topological polar surface area (TPSA) is 91.8 Å². The van der Waals surface area contributed by atoms with E-state index in [1.165, 1.54) is 83.2 Å². The van der Waals surface area contributed by atoms with E-state index in [-0.39, 0.29) is 35.8 Å². The smallest absolute Gasteiger partial charge is 0.339 e. The number of unbranched alkanes of at least 4 members (excludes halogenated alkanes) is 14. The molecule has 0 N–H and O–H groups in total. The van der Waals surface area contributed by atoms with Crippen molar-refractivity contribution in [3.05, 3.63) is 66.0 Å². The molecule has 282 valence electrons. The number of carbonyl (C=O) groups is 3. The van der Waals surface area contributed by atoms with Gasteiger partial charge in [0.1, 0.15) is 19.3 Å². The maximum absolute atomic E-state index is 13.3. The van der Waals surface area contributed by atoms with Crippen molar-refractivity contribution in [3.8, 4) is 0 Å². The molecule has 7 nitrogen and oxygen atoms in total. The Bertz CT molecular complexity index is 1340. The SMILES string of the molecule is C=C1CC[C@@H]2[C@](C)(COC(=O)CCCCCCCCCCCCCCCCC)[C@H](OC(=O)c3cccnc3)CC[C@@]2(C)[C@@H]1/C=C/C1=CCOC1=O. The standard InChI is InChI=1S/C44H65NO6/c1-5-6-7-8-9-10-11-12-13-14-15-16-17-18-19-22-40(46)50-33-44(4)38-26-23-34(2)37(25-24-35-28-31-49-41(35)47)43(38,3)29-27-39(44)51-42(48)36-21-20-30-45-32-36/h20-21,24-25,28,30,32,37-39H,2,5-19,22-23,26-27,29,31,33H2,1,3-4H3/b25-24+/t37-,38+,39-,43+,44+/m1/s1. The quantitative estimate of drug-likeness (QED) is 0.0514. The predicted octanol–water partition coefficient (Wildman–Crippen LogP) is 10.8. The molecule has 1 aromatic rings. The van der Waals surface area contributed by atoms with Crippen LogP contribution in [0.2, 0.25) is 0 Å². The van der Waals surface area contributed by atoms with Gasteiger partial charge < -0.3 is 14.2 Å². The van der Waals surface area contributed by atoms with Gasteiger partial charge in [-0.2, -0.15) is 0 Å². The molecule has 2 fully saturated rings. The molecule has 2 heterocycles. The summed E-state index contributed by atoms with van der Waals surface area (Å²) in [5, 5.41) is 0. The molecule has 0 saturated heterocycles. The van der Waals surface area contributed by atoms with Crippen LogP contribution in [0.1, 0.15) is 160 Å². The van der Waals surface area contributed by atoms with E-state index in [0.717, 1.165) is 44.1 Å². The van der Waals surface area contributed by atoms with Gasteiger partial charge in [-0.05, 0) is 61.6 Å². The molecule has 51 heavy (non-hydrogen) atoms. The monoisotopic (exact) mass is 703 g/mol. The van der Waals surface area contributed by atoms with Crippen molar-refractivity contribution in [3.63, 3.8) is 0 Å². The number of hydrogen-bond donors (Lipinski definition) is 0. The van der Waals surface area contributed by atoms with Gasteiger partial charge in [-0.3, -0.25) is 9.78 Å². The summed E-state index contributed by atoms with van der Waals surface area (Å²) in [6.45, 7) is 11.6. The minimum absolute atomic E-state index is 0.0240. The average Bonchev–Trinajstić information content (AvgIpc) is 3.54. The highest BCUT2D eigenvalue weighted by Gasteiger charge is 2.59. The Balaban J connectivity index is 1.28. The second kappa shape index (κ2) is 20.7. The second-order valence-corrected chi connectivity index (χ2v) is 15.9. The van der Waals surface area contributed by atoms with Gasteiger partial charge in [0.15, 0.2) is 0 Å². The molecule has 5 atom stereocenters. The zero-order valence-corrected chi connectivity index (χ0v) is 31.9. The van der Waals surface area contributed by atoms with Crippen molar-refractivity contribution in [2.24, 2.45) is 22.7 Å². The Hall–Kier alpha value is -3.22. The van der Waals surface area contributed by atoms with Gasteiger partial charge in [0, 0.05) is 30.1 Å². The number of esters is 3. The molecule has 0 aromatic carbocycles. The van der Waals surface area contributed by atoms with Crippen LogP contribution in [0.4, 0.5) is 0 Å². The third-order valence-electron chi connectivity index (χ3n) is 12.1. The fourth-order valence-corrected chi connectivity index (χ4v) is 8.99. The van der Waals surface area contributed by atoms with Crippen molar-refractivity contribution in [2.45, 2.75) is 155 Å². The Labute approximate surface area is 308 Å². The lowest BCUT2D eigenvalue weighted by atomic mass is 9.46. The minimum atomic E-state index is -0.603. The summed E-state index contributed by atoms with van der Waals surface area (Å²) in [6.07, 6.45) is 31.3. The first-order valence-corrected chi connectivity index (χ1v) is 20.2. The number of cyclic esters (lactones) is 1. The first-order chi connectivity index (χ1) is 24.7. The van der Waals surface area contributed by atoms with Gasteiger partial charge >= 0.3 is 17.9 Å². The van der Waals surface area contributed by atoms with Crippen LogP contribution in [0.25, 0.3) is 0 Å². The van der Waals surface area contributed by atoms with Crippen LogP contribution in [0.5, 0.6) is 0 Å². The molecule has 1 aliphatic heterocycles. The molecular weight excluding hydrogens is 638 g/mol. The number of rotatable bonds is 22. The molecule has 0 bridgehead atoms. The molecule has 2 aliphatic carbocycles. The maximum Gasteiger partial charge on any atom is 0.339 e. The Morgan fingerprint density at radius 3 is 2.20 bits per heavy atom. The molecule has 0 amide bonds. The van der Waals surface area contributed by atoms with Crippen molar-refractivity contribution in [1.29, 1.82) is 0 Å². The van der Waals surface area contributed by atoms with E-state index in [9.17, 15) is 14.4 Å². The molecule has 0 spiro atoms. The molecule has 3 aliphatic rings. The number of ether oxygens (including phenoxy) is 3. The van der Waals surface area contributed by atoms with Gasteiger partial charge in [-0.25, -0.2) is 9.59 Å². The number of nitrogens with zero attached hydrogens (tertiary/aromatic N) is 1. The average molecular weight is 704 g/mol. The summed E-state index contributed by atoms with van der Waals surface area (Å²) >= 11 is 0. The zero-order valence-electron chi connectivity index (χ0n) is 31.9. The predicted molar refractivity (Wildman–Crippen MR) is 203 cm³/mol. The largest absolute Gasteiger partial charge is 0.465 e. The van der Waals surface area contributed by atoms with E-state index in [1.54, 1.807) is 24.4 Å². The van der Waals surface area contributed by atoms with Crippen LogP contribution in [0.3, 0.4) is 0 Å². The fourth-order valence-electron chi connectivity index (χ4n) is 8.99. The minimum Gasteiger partial charge on any atom is -0.465 e. The highest BCUT2D eigenvalue weighted by atomic mass is 16.6.